The number of benzene rings is 2. The zero-order valence-electron chi connectivity index (χ0n) is 12.9. The molecule has 0 spiro atoms. The van der Waals surface area contributed by atoms with E-state index >= 15 is 0 Å². The average Bonchev–Trinajstić information content (AvgIpc) is 3.02. The molecule has 0 aromatic heterocycles. The molecule has 0 N–H and O–H groups in total. The van der Waals surface area contributed by atoms with Crippen LogP contribution in [0, 0.1) is 5.92 Å². The van der Waals surface area contributed by atoms with Gasteiger partial charge in [0.2, 0.25) is 0 Å². The standard InChI is InChI=1S/C20H25N/c1-2-21-14-13-17(16-21)15-20(18-9-5-3-6-10-18)19-11-7-4-8-12-19/h3-12,17,20H,2,13-16H2,1H3/t17-/m0/s1. The fraction of sp³-hybridized carbons (Fsp3) is 0.400. The van der Waals surface area contributed by atoms with Gasteiger partial charge >= 0.3 is 0 Å². The maximum atomic E-state index is 2.58. The molecule has 0 saturated carbocycles. The summed E-state index contributed by atoms with van der Waals surface area (Å²) in [6.07, 6.45) is 2.62. The summed E-state index contributed by atoms with van der Waals surface area (Å²) in [5, 5.41) is 0. The van der Waals surface area contributed by atoms with Gasteiger partial charge in [0.05, 0.1) is 0 Å². The first-order valence-electron chi connectivity index (χ1n) is 8.19. The molecule has 2 aromatic rings. The van der Waals surface area contributed by atoms with Crippen molar-refractivity contribution < 1.29 is 0 Å². The van der Waals surface area contributed by atoms with Crippen LogP contribution in [-0.4, -0.2) is 24.5 Å². The zero-order valence-corrected chi connectivity index (χ0v) is 12.9. The van der Waals surface area contributed by atoms with Crippen molar-refractivity contribution in [1.29, 1.82) is 0 Å². The Balaban J connectivity index is 1.80. The lowest BCUT2D eigenvalue weighted by Gasteiger charge is -2.22. The van der Waals surface area contributed by atoms with E-state index < -0.39 is 0 Å². The SMILES string of the molecule is CCN1CC[C@@H](CC(c2ccccc2)c2ccccc2)C1. The number of hydrogen-bond acceptors (Lipinski definition) is 1. The molecule has 0 unspecified atom stereocenters. The maximum absolute atomic E-state index is 2.58. The van der Waals surface area contributed by atoms with E-state index in [1.165, 1.54) is 43.6 Å². The lowest BCUT2D eigenvalue weighted by molar-refractivity contribution is 0.335. The minimum Gasteiger partial charge on any atom is -0.303 e. The molecular formula is C20H25N. The summed E-state index contributed by atoms with van der Waals surface area (Å²) in [5.41, 5.74) is 2.91. The van der Waals surface area contributed by atoms with Gasteiger partial charge in [-0.1, -0.05) is 67.6 Å². The fourth-order valence-corrected chi connectivity index (χ4v) is 3.56. The Bertz CT molecular complexity index is 495. The van der Waals surface area contributed by atoms with Crippen LogP contribution in [-0.2, 0) is 0 Å². The molecule has 0 amide bonds. The van der Waals surface area contributed by atoms with E-state index in [0.29, 0.717) is 5.92 Å². The van der Waals surface area contributed by atoms with Crippen LogP contribution in [0.1, 0.15) is 36.8 Å². The topological polar surface area (TPSA) is 3.24 Å². The highest BCUT2D eigenvalue weighted by molar-refractivity contribution is 5.32. The molecule has 1 heterocycles. The molecular weight excluding hydrogens is 254 g/mol. The molecule has 1 fully saturated rings. The molecule has 1 heteroatoms. The van der Waals surface area contributed by atoms with Gasteiger partial charge in [0.15, 0.2) is 0 Å². The smallest absolute Gasteiger partial charge is 0.00924 e. The van der Waals surface area contributed by atoms with Gasteiger partial charge in [0, 0.05) is 12.5 Å². The van der Waals surface area contributed by atoms with E-state index in [1.807, 2.05) is 0 Å². The van der Waals surface area contributed by atoms with Crippen LogP contribution >= 0.6 is 0 Å². The van der Waals surface area contributed by atoms with Gasteiger partial charge in [-0.25, -0.2) is 0 Å². The highest BCUT2D eigenvalue weighted by Crippen LogP contribution is 2.34. The van der Waals surface area contributed by atoms with Gasteiger partial charge in [0.1, 0.15) is 0 Å². The molecule has 110 valence electrons. The van der Waals surface area contributed by atoms with Crippen LogP contribution < -0.4 is 0 Å². The van der Waals surface area contributed by atoms with Crippen molar-refractivity contribution in [2.75, 3.05) is 19.6 Å². The van der Waals surface area contributed by atoms with E-state index in [1.54, 1.807) is 0 Å². The van der Waals surface area contributed by atoms with Crippen molar-refractivity contribution in [3.05, 3.63) is 71.8 Å². The summed E-state index contributed by atoms with van der Waals surface area (Å²) in [5.74, 6) is 1.37. The largest absolute Gasteiger partial charge is 0.303 e. The van der Waals surface area contributed by atoms with Crippen LogP contribution in [0.25, 0.3) is 0 Å². The minimum atomic E-state index is 0.536. The Morgan fingerprint density at radius 3 is 2.00 bits per heavy atom. The van der Waals surface area contributed by atoms with Gasteiger partial charge in [-0.2, -0.15) is 0 Å². The quantitative estimate of drug-likeness (QED) is 0.776. The summed E-state index contributed by atoms with van der Waals surface area (Å²) in [6.45, 7) is 6.01. The molecule has 1 nitrogen and oxygen atoms in total. The van der Waals surface area contributed by atoms with Crippen LogP contribution in [0.3, 0.4) is 0 Å². The Morgan fingerprint density at radius 2 is 1.52 bits per heavy atom. The summed E-state index contributed by atoms with van der Waals surface area (Å²) >= 11 is 0. The molecule has 0 aliphatic carbocycles. The van der Waals surface area contributed by atoms with E-state index in [-0.39, 0.29) is 0 Å². The van der Waals surface area contributed by atoms with Crippen LogP contribution in [0.15, 0.2) is 60.7 Å². The van der Waals surface area contributed by atoms with Gasteiger partial charge in [-0.3, -0.25) is 0 Å². The second-order valence-electron chi connectivity index (χ2n) is 6.16. The first-order valence-corrected chi connectivity index (χ1v) is 8.19. The second kappa shape index (κ2) is 6.91. The lowest BCUT2D eigenvalue weighted by atomic mass is 9.83. The predicted molar refractivity (Wildman–Crippen MR) is 89.6 cm³/mol. The summed E-state index contributed by atoms with van der Waals surface area (Å²) < 4.78 is 0. The Morgan fingerprint density at radius 1 is 0.952 bits per heavy atom. The Kier molecular flexibility index (Phi) is 4.72. The van der Waals surface area contributed by atoms with Crippen molar-refractivity contribution in [3.63, 3.8) is 0 Å². The monoisotopic (exact) mass is 279 g/mol. The van der Waals surface area contributed by atoms with Gasteiger partial charge in [-0.15, -0.1) is 0 Å². The molecule has 3 rings (SSSR count). The molecule has 0 radical (unpaired) electrons. The lowest BCUT2D eigenvalue weighted by Crippen LogP contribution is -2.20. The summed E-state index contributed by atoms with van der Waals surface area (Å²) in [6, 6.07) is 22.0. The Hall–Kier alpha value is -1.60. The first kappa shape index (κ1) is 14.3. The number of hydrogen-bond donors (Lipinski definition) is 0. The molecule has 1 atom stereocenters. The van der Waals surface area contributed by atoms with Crippen molar-refractivity contribution in [2.45, 2.75) is 25.7 Å². The van der Waals surface area contributed by atoms with Crippen molar-refractivity contribution in [3.8, 4) is 0 Å². The molecule has 1 aliphatic heterocycles. The van der Waals surface area contributed by atoms with E-state index in [9.17, 15) is 0 Å². The van der Waals surface area contributed by atoms with Crippen LogP contribution in [0.4, 0.5) is 0 Å². The minimum absolute atomic E-state index is 0.536. The van der Waals surface area contributed by atoms with Crippen molar-refractivity contribution >= 4 is 0 Å². The maximum Gasteiger partial charge on any atom is 0.00924 e. The van der Waals surface area contributed by atoms with E-state index in [4.69, 9.17) is 0 Å². The van der Waals surface area contributed by atoms with Gasteiger partial charge in [0.25, 0.3) is 0 Å². The van der Waals surface area contributed by atoms with Crippen LogP contribution in [0.5, 0.6) is 0 Å². The normalized spacial score (nSPS) is 19.2. The predicted octanol–water partition coefficient (Wildman–Crippen LogP) is 4.55. The third kappa shape index (κ3) is 3.54. The molecule has 1 saturated heterocycles. The van der Waals surface area contributed by atoms with Crippen LogP contribution in [0.2, 0.25) is 0 Å². The number of rotatable bonds is 5. The van der Waals surface area contributed by atoms with Gasteiger partial charge < -0.3 is 4.90 Å². The molecule has 2 aromatic carbocycles. The first-order chi connectivity index (χ1) is 10.4. The summed E-state index contributed by atoms with van der Waals surface area (Å²) in [7, 11) is 0. The Labute approximate surface area is 128 Å². The highest BCUT2D eigenvalue weighted by Gasteiger charge is 2.25. The average molecular weight is 279 g/mol. The molecule has 0 bridgehead atoms. The third-order valence-electron chi connectivity index (χ3n) is 4.79. The third-order valence-corrected chi connectivity index (χ3v) is 4.79. The van der Waals surface area contributed by atoms with Crippen molar-refractivity contribution in [2.24, 2.45) is 5.92 Å². The molecule has 21 heavy (non-hydrogen) atoms. The van der Waals surface area contributed by atoms with E-state index in [0.717, 1.165) is 5.92 Å². The molecule has 1 aliphatic rings. The second-order valence-corrected chi connectivity index (χ2v) is 6.16. The zero-order chi connectivity index (χ0) is 14.5. The van der Waals surface area contributed by atoms with Crippen molar-refractivity contribution in [1.82, 2.24) is 4.90 Å². The fourth-order valence-electron chi connectivity index (χ4n) is 3.56. The summed E-state index contributed by atoms with van der Waals surface area (Å²) in [4.78, 5) is 2.58. The number of nitrogens with zero attached hydrogens (tertiary/aromatic N) is 1. The van der Waals surface area contributed by atoms with E-state index in [2.05, 4.69) is 72.5 Å². The highest BCUT2D eigenvalue weighted by atomic mass is 15.1. The number of likely N-dealkylation sites (tertiary alicyclic amines) is 1. The van der Waals surface area contributed by atoms with Gasteiger partial charge in [-0.05, 0) is 43.0 Å².